The average Bonchev–Trinajstić information content (AvgIpc) is 2.39. The van der Waals surface area contributed by atoms with Crippen LogP contribution in [0.25, 0.3) is 0 Å². The van der Waals surface area contributed by atoms with Crippen LogP contribution < -0.4 is 16.0 Å². The SMILES string of the molecule is CCCC(OC)C(NN)c1cc(Cl)ccc1OC. The normalized spacial score (nSPS) is 14.3. The van der Waals surface area contributed by atoms with Crippen molar-refractivity contribution in [1.82, 2.24) is 5.43 Å². The molecule has 1 aromatic carbocycles. The molecule has 0 aliphatic heterocycles. The minimum absolute atomic E-state index is 0.0210. The molecule has 1 aromatic rings. The lowest BCUT2D eigenvalue weighted by Crippen LogP contribution is -2.37. The van der Waals surface area contributed by atoms with E-state index in [1.54, 1.807) is 20.3 Å². The standard InChI is InChI=1S/C13H21ClN2O2/c1-4-5-12(18-3)13(16-15)10-8-9(14)6-7-11(10)17-2/h6-8,12-13,16H,4-5,15H2,1-3H3. The van der Waals surface area contributed by atoms with E-state index >= 15 is 0 Å². The van der Waals surface area contributed by atoms with Gasteiger partial charge in [-0.15, -0.1) is 0 Å². The zero-order valence-corrected chi connectivity index (χ0v) is 11.8. The van der Waals surface area contributed by atoms with Crippen LogP contribution in [0.3, 0.4) is 0 Å². The molecule has 0 radical (unpaired) electrons. The van der Waals surface area contributed by atoms with E-state index in [0.29, 0.717) is 5.02 Å². The van der Waals surface area contributed by atoms with Gasteiger partial charge in [-0.1, -0.05) is 24.9 Å². The van der Waals surface area contributed by atoms with Crippen LogP contribution in [0.15, 0.2) is 18.2 Å². The summed E-state index contributed by atoms with van der Waals surface area (Å²) in [5.74, 6) is 6.41. The van der Waals surface area contributed by atoms with Gasteiger partial charge in [0, 0.05) is 17.7 Å². The summed E-state index contributed by atoms with van der Waals surface area (Å²) in [5, 5.41) is 0.650. The van der Waals surface area contributed by atoms with E-state index in [2.05, 4.69) is 12.3 Å². The van der Waals surface area contributed by atoms with Gasteiger partial charge in [-0.2, -0.15) is 0 Å². The minimum Gasteiger partial charge on any atom is -0.496 e. The van der Waals surface area contributed by atoms with Crippen molar-refractivity contribution in [3.05, 3.63) is 28.8 Å². The van der Waals surface area contributed by atoms with Crippen LogP contribution in [0.4, 0.5) is 0 Å². The number of nitrogens with one attached hydrogen (secondary N) is 1. The molecule has 5 heteroatoms. The maximum Gasteiger partial charge on any atom is 0.123 e. The van der Waals surface area contributed by atoms with Crippen LogP contribution in [-0.2, 0) is 4.74 Å². The van der Waals surface area contributed by atoms with E-state index in [4.69, 9.17) is 26.9 Å². The number of hydrazine groups is 1. The smallest absolute Gasteiger partial charge is 0.123 e. The number of hydrogen-bond donors (Lipinski definition) is 2. The molecule has 0 aromatic heterocycles. The van der Waals surface area contributed by atoms with Crippen LogP contribution in [0, 0.1) is 0 Å². The Morgan fingerprint density at radius 3 is 2.61 bits per heavy atom. The lowest BCUT2D eigenvalue weighted by molar-refractivity contribution is 0.0598. The Balaban J connectivity index is 3.09. The van der Waals surface area contributed by atoms with E-state index in [0.717, 1.165) is 24.2 Å². The number of ether oxygens (including phenoxy) is 2. The molecule has 4 nitrogen and oxygen atoms in total. The van der Waals surface area contributed by atoms with Gasteiger partial charge >= 0.3 is 0 Å². The van der Waals surface area contributed by atoms with Gasteiger partial charge in [0.2, 0.25) is 0 Å². The Bertz CT molecular complexity index is 374. The minimum atomic E-state index is -0.149. The second-order valence-electron chi connectivity index (χ2n) is 4.09. The molecular weight excluding hydrogens is 252 g/mol. The Morgan fingerprint density at radius 1 is 1.39 bits per heavy atom. The molecule has 0 bridgehead atoms. The summed E-state index contributed by atoms with van der Waals surface area (Å²) >= 11 is 6.03. The van der Waals surface area contributed by atoms with E-state index in [-0.39, 0.29) is 12.1 Å². The largest absolute Gasteiger partial charge is 0.496 e. The fourth-order valence-corrected chi connectivity index (χ4v) is 2.23. The van der Waals surface area contributed by atoms with Crippen molar-refractivity contribution in [1.29, 1.82) is 0 Å². The molecule has 0 amide bonds. The van der Waals surface area contributed by atoms with Gasteiger partial charge in [0.15, 0.2) is 0 Å². The fourth-order valence-electron chi connectivity index (χ4n) is 2.05. The highest BCUT2D eigenvalue weighted by atomic mass is 35.5. The molecule has 1 rings (SSSR count). The third-order valence-corrected chi connectivity index (χ3v) is 3.19. The van der Waals surface area contributed by atoms with Crippen molar-refractivity contribution in [2.45, 2.75) is 31.9 Å². The first-order chi connectivity index (χ1) is 8.67. The lowest BCUT2D eigenvalue weighted by Gasteiger charge is -2.27. The van der Waals surface area contributed by atoms with Crippen molar-refractivity contribution in [2.24, 2.45) is 5.84 Å². The Kier molecular flexibility index (Phi) is 6.43. The molecular formula is C13H21ClN2O2. The molecule has 0 aliphatic rings. The summed E-state index contributed by atoms with van der Waals surface area (Å²) in [4.78, 5) is 0. The molecule has 18 heavy (non-hydrogen) atoms. The summed E-state index contributed by atoms with van der Waals surface area (Å²) in [7, 11) is 3.31. The quantitative estimate of drug-likeness (QED) is 0.592. The van der Waals surface area contributed by atoms with E-state index in [1.807, 2.05) is 12.1 Å². The first-order valence-corrected chi connectivity index (χ1v) is 6.38. The van der Waals surface area contributed by atoms with Crippen LogP contribution in [-0.4, -0.2) is 20.3 Å². The zero-order valence-electron chi connectivity index (χ0n) is 11.1. The summed E-state index contributed by atoms with van der Waals surface area (Å²) in [6.45, 7) is 2.11. The number of benzene rings is 1. The van der Waals surface area contributed by atoms with Gasteiger partial charge in [-0.3, -0.25) is 11.3 Å². The van der Waals surface area contributed by atoms with E-state index in [1.165, 1.54) is 0 Å². The molecule has 0 saturated carbocycles. The van der Waals surface area contributed by atoms with Crippen LogP contribution in [0.5, 0.6) is 5.75 Å². The summed E-state index contributed by atoms with van der Waals surface area (Å²) in [5.41, 5.74) is 3.70. The Labute approximate surface area is 113 Å². The number of nitrogens with two attached hydrogens (primary N) is 1. The third-order valence-electron chi connectivity index (χ3n) is 2.95. The molecule has 2 unspecified atom stereocenters. The van der Waals surface area contributed by atoms with Crippen LogP contribution in [0.1, 0.15) is 31.4 Å². The van der Waals surface area contributed by atoms with E-state index < -0.39 is 0 Å². The van der Waals surface area contributed by atoms with E-state index in [9.17, 15) is 0 Å². The summed E-state index contributed by atoms with van der Waals surface area (Å²) in [6, 6.07) is 5.33. The van der Waals surface area contributed by atoms with Crippen molar-refractivity contribution in [3.63, 3.8) is 0 Å². The van der Waals surface area contributed by atoms with Gasteiger partial charge in [0.05, 0.1) is 19.3 Å². The van der Waals surface area contributed by atoms with Gasteiger partial charge in [-0.05, 0) is 24.6 Å². The fraction of sp³-hybridized carbons (Fsp3) is 0.538. The molecule has 0 fully saturated rings. The second kappa shape index (κ2) is 7.59. The molecule has 102 valence electrons. The highest BCUT2D eigenvalue weighted by Gasteiger charge is 2.24. The van der Waals surface area contributed by atoms with Gasteiger partial charge < -0.3 is 9.47 Å². The van der Waals surface area contributed by atoms with Gasteiger partial charge in [-0.25, -0.2) is 0 Å². The first-order valence-electron chi connectivity index (χ1n) is 6.00. The molecule has 0 spiro atoms. The molecule has 2 atom stereocenters. The maximum atomic E-state index is 6.03. The molecule has 0 saturated heterocycles. The topological polar surface area (TPSA) is 56.5 Å². The second-order valence-corrected chi connectivity index (χ2v) is 4.53. The molecule has 3 N–H and O–H groups in total. The Hall–Kier alpha value is -0.810. The van der Waals surface area contributed by atoms with Crippen molar-refractivity contribution in [3.8, 4) is 5.75 Å². The highest BCUT2D eigenvalue weighted by molar-refractivity contribution is 6.30. The highest BCUT2D eigenvalue weighted by Crippen LogP contribution is 2.31. The third kappa shape index (κ3) is 3.59. The number of rotatable bonds is 7. The number of methoxy groups -OCH3 is 2. The number of hydrogen-bond acceptors (Lipinski definition) is 4. The molecule has 0 heterocycles. The molecule has 0 aliphatic carbocycles. The van der Waals surface area contributed by atoms with Crippen LogP contribution in [0.2, 0.25) is 5.02 Å². The maximum absolute atomic E-state index is 6.03. The predicted octanol–water partition coefficient (Wildman–Crippen LogP) is 2.67. The zero-order chi connectivity index (χ0) is 13.5. The van der Waals surface area contributed by atoms with Crippen LogP contribution >= 0.6 is 11.6 Å². The number of halogens is 1. The summed E-state index contributed by atoms with van der Waals surface area (Å²) < 4.78 is 10.8. The predicted molar refractivity (Wildman–Crippen MR) is 73.8 cm³/mol. The lowest BCUT2D eigenvalue weighted by atomic mass is 9.98. The monoisotopic (exact) mass is 272 g/mol. The van der Waals surface area contributed by atoms with Crippen molar-refractivity contribution in [2.75, 3.05) is 14.2 Å². The van der Waals surface area contributed by atoms with Gasteiger partial charge in [0.1, 0.15) is 5.75 Å². The van der Waals surface area contributed by atoms with Crippen molar-refractivity contribution >= 4 is 11.6 Å². The summed E-state index contributed by atoms with van der Waals surface area (Å²) in [6.07, 6.45) is 1.90. The Morgan fingerprint density at radius 2 is 2.11 bits per heavy atom. The van der Waals surface area contributed by atoms with Crippen molar-refractivity contribution < 1.29 is 9.47 Å². The van der Waals surface area contributed by atoms with Gasteiger partial charge in [0.25, 0.3) is 0 Å². The average molecular weight is 273 g/mol. The first kappa shape index (κ1) is 15.2.